The van der Waals surface area contributed by atoms with Crippen molar-refractivity contribution in [3.63, 3.8) is 0 Å². The lowest BCUT2D eigenvalue weighted by Crippen LogP contribution is -2.41. The van der Waals surface area contributed by atoms with Crippen LogP contribution in [0.4, 0.5) is 5.69 Å². The maximum Gasteiger partial charge on any atom is 0.268 e. The molecule has 2 rings (SSSR count). The summed E-state index contributed by atoms with van der Waals surface area (Å²) in [4.78, 5) is 25.2. The van der Waals surface area contributed by atoms with Gasteiger partial charge in [-0.1, -0.05) is 0 Å². The van der Waals surface area contributed by atoms with Gasteiger partial charge in [0.25, 0.3) is 5.91 Å². The van der Waals surface area contributed by atoms with E-state index in [0.29, 0.717) is 24.3 Å². The number of nitrogens with zero attached hydrogens (tertiary/aromatic N) is 2. The molecule has 1 saturated heterocycles. The molecule has 0 aliphatic carbocycles. The van der Waals surface area contributed by atoms with E-state index < -0.39 is 6.04 Å². The van der Waals surface area contributed by atoms with Crippen LogP contribution in [0, 0.1) is 0 Å². The van der Waals surface area contributed by atoms with Crippen molar-refractivity contribution in [2.75, 3.05) is 19.3 Å². The molecule has 2 heterocycles. The van der Waals surface area contributed by atoms with Crippen LogP contribution < -0.4 is 11.1 Å². The average Bonchev–Trinajstić information content (AvgIpc) is 2.75. The summed E-state index contributed by atoms with van der Waals surface area (Å²) in [7, 11) is 3.48. The van der Waals surface area contributed by atoms with Crippen LogP contribution in [0.2, 0.25) is 0 Å². The van der Waals surface area contributed by atoms with Gasteiger partial charge in [-0.05, 0) is 12.5 Å². The van der Waals surface area contributed by atoms with Gasteiger partial charge in [0.2, 0.25) is 5.91 Å². The molecule has 6 heteroatoms. The lowest BCUT2D eigenvalue weighted by atomic mass is 10.2. The third kappa shape index (κ3) is 2.11. The predicted octanol–water partition coefficient (Wildman–Crippen LogP) is -0.432. The van der Waals surface area contributed by atoms with E-state index in [1.54, 1.807) is 35.8 Å². The monoisotopic (exact) mass is 236 g/mol. The molecule has 1 unspecified atom stereocenters. The Morgan fingerprint density at radius 3 is 2.71 bits per heavy atom. The van der Waals surface area contributed by atoms with Gasteiger partial charge in [0.05, 0.1) is 5.69 Å². The summed E-state index contributed by atoms with van der Waals surface area (Å²) < 4.78 is 1.65. The summed E-state index contributed by atoms with van der Waals surface area (Å²) in [5.74, 6) is -0.307. The number of likely N-dealkylation sites (tertiary alicyclic amines) is 1. The predicted molar refractivity (Wildman–Crippen MR) is 63.3 cm³/mol. The number of nitrogens with two attached hydrogens (primary N) is 1. The molecule has 0 spiro atoms. The number of aryl methyl sites for hydroxylation is 1. The summed E-state index contributed by atoms with van der Waals surface area (Å²) >= 11 is 0. The molecule has 3 N–H and O–H groups in total. The van der Waals surface area contributed by atoms with Crippen molar-refractivity contribution < 1.29 is 9.59 Å². The Hall–Kier alpha value is -1.98. The van der Waals surface area contributed by atoms with Crippen LogP contribution in [0.25, 0.3) is 0 Å². The van der Waals surface area contributed by atoms with Crippen LogP contribution in [-0.2, 0) is 11.8 Å². The van der Waals surface area contributed by atoms with Crippen molar-refractivity contribution in [3.8, 4) is 0 Å². The quantitative estimate of drug-likeness (QED) is 0.731. The summed E-state index contributed by atoms with van der Waals surface area (Å²) in [6.45, 7) is 0.680. The van der Waals surface area contributed by atoms with Gasteiger partial charge < -0.3 is 20.5 Å². The molecule has 0 bridgehead atoms. The minimum atomic E-state index is -0.413. The average molecular weight is 236 g/mol. The Bertz CT molecular complexity index is 466. The maximum absolute atomic E-state index is 11.9. The molecule has 0 aromatic carbocycles. The molecule has 1 aromatic rings. The number of hydrogen-bond acceptors (Lipinski definition) is 3. The van der Waals surface area contributed by atoms with Crippen LogP contribution >= 0.6 is 0 Å². The van der Waals surface area contributed by atoms with Crippen LogP contribution in [-0.4, -0.2) is 40.9 Å². The molecular weight excluding hydrogens is 220 g/mol. The standard InChI is InChI=1S/C11H16N4O2/c1-14-4-3-8(11(14)17)13-10(16)9-5-7(12)6-15(9)2/h5-6,8H,3-4,12H2,1-2H3,(H,13,16). The van der Waals surface area contributed by atoms with E-state index >= 15 is 0 Å². The van der Waals surface area contributed by atoms with Gasteiger partial charge in [0, 0.05) is 26.8 Å². The fourth-order valence-corrected chi connectivity index (χ4v) is 2.00. The molecule has 6 nitrogen and oxygen atoms in total. The SMILES string of the molecule is CN1CCC(NC(=O)c2cc(N)cn2C)C1=O. The first-order chi connectivity index (χ1) is 7.99. The fourth-order valence-electron chi connectivity index (χ4n) is 2.00. The zero-order chi connectivity index (χ0) is 12.6. The summed E-state index contributed by atoms with van der Waals surface area (Å²) in [6, 6.07) is 1.18. The molecule has 17 heavy (non-hydrogen) atoms. The topological polar surface area (TPSA) is 80.4 Å². The van der Waals surface area contributed by atoms with Crippen LogP contribution in [0.1, 0.15) is 16.9 Å². The highest BCUT2D eigenvalue weighted by molar-refractivity contribution is 5.97. The third-order valence-corrected chi connectivity index (χ3v) is 2.99. The fraction of sp³-hybridized carbons (Fsp3) is 0.455. The normalized spacial score (nSPS) is 19.8. The number of nitrogens with one attached hydrogen (secondary N) is 1. The first-order valence-corrected chi connectivity index (χ1v) is 5.46. The first kappa shape index (κ1) is 11.5. The minimum absolute atomic E-state index is 0.0412. The van der Waals surface area contributed by atoms with Crippen molar-refractivity contribution in [3.05, 3.63) is 18.0 Å². The van der Waals surface area contributed by atoms with Crippen molar-refractivity contribution >= 4 is 17.5 Å². The second-order valence-corrected chi connectivity index (χ2v) is 4.34. The van der Waals surface area contributed by atoms with Crippen LogP contribution in [0.3, 0.4) is 0 Å². The van der Waals surface area contributed by atoms with Crippen molar-refractivity contribution in [2.45, 2.75) is 12.5 Å². The highest BCUT2D eigenvalue weighted by Gasteiger charge is 2.30. The zero-order valence-corrected chi connectivity index (χ0v) is 9.93. The lowest BCUT2D eigenvalue weighted by Gasteiger charge is -2.12. The smallest absolute Gasteiger partial charge is 0.268 e. The second kappa shape index (κ2) is 4.12. The number of carbonyl (C=O) groups is 2. The number of hydrogen-bond donors (Lipinski definition) is 2. The first-order valence-electron chi connectivity index (χ1n) is 5.46. The highest BCUT2D eigenvalue weighted by atomic mass is 16.2. The molecule has 0 radical (unpaired) electrons. The van der Waals surface area contributed by atoms with E-state index in [1.807, 2.05) is 0 Å². The van der Waals surface area contributed by atoms with Gasteiger partial charge in [-0.3, -0.25) is 9.59 Å². The van der Waals surface area contributed by atoms with Crippen LogP contribution in [0.5, 0.6) is 0 Å². The van der Waals surface area contributed by atoms with Crippen molar-refractivity contribution in [1.82, 2.24) is 14.8 Å². The molecule has 1 fully saturated rings. The highest BCUT2D eigenvalue weighted by Crippen LogP contribution is 2.12. The molecule has 1 aliphatic rings. The van der Waals surface area contributed by atoms with E-state index in [-0.39, 0.29) is 11.8 Å². The van der Waals surface area contributed by atoms with Crippen molar-refractivity contribution in [2.24, 2.45) is 7.05 Å². The Morgan fingerprint density at radius 2 is 2.24 bits per heavy atom. The molecule has 1 atom stereocenters. The number of amides is 2. The van der Waals surface area contributed by atoms with Gasteiger partial charge in [-0.15, -0.1) is 0 Å². The van der Waals surface area contributed by atoms with Gasteiger partial charge in [-0.2, -0.15) is 0 Å². The van der Waals surface area contributed by atoms with E-state index in [1.165, 1.54) is 0 Å². The van der Waals surface area contributed by atoms with Gasteiger partial charge in [0.1, 0.15) is 11.7 Å². The van der Waals surface area contributed by atoms with E-state index in [4.69, 9.17) is 5.73 Å². The third-order valence-electron chi connectivity index (χ3n) is 2.99. The van der Waals surface area contributed by atoms with Gasteiger partial charge in [0.15, 0.2) is 0 Å². The minimum Gasteiger partial charge on any atom is -0.397 e. The summed E-state index contributed by atoms with van der Waals surface area (Å²) in [6.07, 6.45) is 2.32. The Balaban J connectivity index is 2.07. The maximum atomic E-state index is 11.9. The number of rotatable bonds is 2. The lowest BCUT2D eigenvalue weighted by molar-refractivity contribution is -0.128. The van der Waals surface area contributed by atoms with Gasteiger partial charge >= 0.3 is 0 Å². The summed E-state index contributed by atoms with van der Waals surface area (Å²) in [5.41, 5.74) is 6.60. The Kier molecular flexibility index (Phi) is 2.79. The van der Waals surface area contributed by atoms with E-state index in [9.17, 15) is 9.59 Å². The second-order valence-electron chi connectivity index (χ2n) is 4.34. The molecule has 1 aliphatic heterocycles. The molecule has 2 amide bonds. The van der Waals surface area contributed by atoms with E-state index in [2.05, 4.69) is 5.32 Å². The largest absolute Gasteiger partial charge is 0.397 e. The number of nitrogen functional groups attached to an aromatic ring is 1. The number of aromatic nitrogens is 1. The number of anilines is 1. The Labute approximate surface area is 99.4 Å². The van der Waals surface area contributed by atoms with E-state index in [0.717, 1.165) is 0 Å². The Morgan fingerprint density at radius 1 is 1.53 bits per heavy atom. The van der Waals surface area contributed by atoms with Gasteiger partial charge in [-0.25, -0.2) is 0 Å². The zero-order valence-electron chi connectivity index (χ0n) is 9.93. The molecule has 1 aromatic heterocycles. The molecule has 92 valence electrons. The molecule has 0 saturated carbocycles. The summed E-state index contributed by atoms with van der Waals surface area (Å²) in [5, 5.41) is 2.72. The number of likely N-dealkylation sites (N-methyl/N-ethyl adjacent to an activating group) is 1. The van der Waals surface area contributed by atoms with Crippen molar-refractivity contribution in [1.29, 1.82) is 0 Å². The van der Waals surface area contributed by atoms with Crippen LogP contribution in [0.15, 0.2) is 12.3 Å². The number of carbonyl (C=O) groups excluding carboxylic acids is 2. The molecular formula is C11H16N4O2.